The number of aromatic hydroxyl groups is 1. The van der Waals surface area contributed by atoms with Crippen LogP contribution in [0.25, 0.3) is 0 Å². The molecule has 0 spiro atoms. The Morgan fingerprint density at radius 1 is 1.03 bits per heavy atom. The van der Waals surface area contributed by atoms with Crippen LogP contribution in [-0.4, -0.2) is 22.2 Å². The maximum absolute atomic E-state index is 10.7. The molecule has 0 amide bonds. The molecular weight excluding hydrogens is 460 g/mol. The summed E-state index contributed by atoms with van der Waals surface area (Å²) < 4.78 is 9.36. The molecule has 6 heteroatoms. The Morgan fingerprint density at radius 2 is 1.69 bits per heavy atom. The molecule has 1 aliphatic carbocycles. The summed E-state index contributed by atoms with van der Waals surface area (Å²) in [6, 6.07) is 18.2. The van der Waals surface area contributed by atoms with Gasteiger partial charge in [-0.1, -0.05) is 74.2 Å². The molecule has 1 aromatic heterocycles. The Balaban J connectivity index is 0.000000254. The van der Waals surface area contributed by atoms with Crippen LogP contribution in [0.15, 0.2) is 67.0 Å². The van der Waals surface area contributed by atoms with Gasteiger partial charge in [0.15, 0.2) is 0 Å². The zero-order valence-corrected chi connectivity index (χ0v) is 21.8. The van der Waals surface area contributed by atoms with Crippen molar-refractivity contribution in [1.29, 1.82) is 0 Å². The van der Waals surface area contributed by atoms with E-state index >= 15 is 0 Å². The van der Waals surface area contributed by atoms with Gasteiger partial charge in [0.25, 0.3) is 5.82 Å². The number of hydrogen-bond donors (Lipinski definition) is 1. The van der Waals surface area contributed by atoms with Crippen molar-refractivity contribution >= 4 is 5.97 Å². The third-order valence-electron chi connectivity index (χ3n) is 6.53. The number of halogens is 1. The third kappa shape index (κ3) is 9.41. The predicted octanol–water partition coefficient (Wildman–Crippen LogP) is 2.92. The summed E-state index contributed by atoms with van der Waals surface area (Å²) >= 11 is 0. The fourth-order valence-corrected chi connectivity index (χ4v) is 4.60. The lowest BCUT2D eigenvalue weighted by Crippen LogP contribution is -3.00. The number of ether oxygens (including phenoxy) is 1. The average Bonchev–Trinajstić information content (AvgIpc) is 3.02. The van der Waals surface area contributed by atoms with E-state index in [1.165, 1.54) is 56.8 Å². The number of phenolic OH excluding ortho intramolecular Hbond substituents is 1. The molecule has 1 fully saturated rings. The first kappa shape index (κ1) is 28.4. The first-order chi connectivity index (χ1) is 16.5. The number of esters is 1. The van der Waals surface area contributed by atoms with E-state index in [1.54, 1.807) is 6.07 Å². The highest BCUT2D eigenvalue weighted by molar-refractivity contribution is 5.65. The Morgan fingerprint density at radius 3 is 2.34 bits per heavy atom. The van der Waals surface area contributed by atoms with Gasteiger partial charge in [-0.2, -0.15) is 0 Å². The van der Waals surface area contributed by atoms with Crippen LogP contribution in [0, 0.1) is 6.92 Å². The molecule has 4 rings (SSSR count). The number of hydrogen-bond acceptors (Lipinski definition) is 3. The monoisotopic (exact) mass is 498 g/mol. The second kappa shape index (κ2) is 15.3. The largest absolute Gasteiger partial charge is 1.00 e. The number of aryl methyl sites for hydroxylation is 1. The molecule has 0 saturated heterocycles. The van der Waals surface area contributed by atoms with Gasteiger partial charge < -0.3 is 22.3 Å². The minimum Gasteiger partial charge on any atom is -1.00 e. The average molecular weight is 499 g/mol. The maximum atomic E-state index is 10.7. The lowest BCUT2D eigenvalue weighted by Gasteiger charge is -2.15. The van der Waals surface area contributed by atoms with E-state index in [2.05, 4.69) is 58.8 Å². The molecule has 3 aromatic rings. The molecule has 2 aromatic carbocycles. The van der Waals surface area contributed by atoms with E-state index < -0.39 is 0 Å². The van der Waals surface area contributed by atoms with E-state index in [1.807, 2.05) is 18.2 Å². The van der Waals surface area contributed by atoms with Crippen molar-refractivity contribution in [2.45, 2.75) is 77.8 Å². The zero-order chi connectivity index (χ0) is 24.2. The van der Waals surface area contributed by atoms with Crippen molar-refractivity contribution in [1.82, 2.24) is 4.57 Å². The second-order valence-corrected chi connectivity index (χ2v) is 9.09. The minimum absolute atomic E-state index is 0. The molecule has 1 saturated carbocycles. The van der Waals surface area contributed by atoms with Crippen molar-refractivity contribution < 1.29 is 31.6 Å². The number of carbonyl (C=O) groups is 1. The van der Waals surface area contributed by atoms with Gasteiger partial charge in [-0.25, -0.2) is 9.13 Å². The molecule has 1 N–H and O–H groups in total. The normalized spacial score (nSPS) is 13.7. The van der Waals surface area contributed by atoms with Crippen molar-refractivity contribution in [3.05, 3.63) is 83.9 Å². The van der Waals surface area contributed by atoms with Crippen molar-refractivity contribution in [3.63, 3.8) is 0 Å². The first-order valence-electron chi connectivity index (χ1n) is 12.5. The molecule has 0 atom stereocenters. The summed E-state index contributed by atoms with van der Waals surface area (Å²) in [4.78, 5) is 10.7. The number of aromatic nitrogens is 2. The molecule has 5 nitrogen and oxygen atoms in total. The highest BCUT2D eigenvalue weighted by atomic mass is 35.5. The SMILES string of the molecule is CC(=O)OCCCn1cc[n+](Cc2ccccc2)c1C.Oc1ccccc1C1CCCCCC1.[Cl-]. The number of nitrogens with zero attached hydrogens (tertiary/aromatic N) is 2. The number of carbonyl (C=O) groups excluding carboxylic acids is 1. The highest BCUT2D eigenvalue weighted by Crippen LogP contribution is 2.35. The standard InChI is InChI=1S/C16H21N2O2.C13H18O.ClH/c1-14-17(9-6-12-20-15(2)19)10-11-18(14)13-16-7-4-3-5-8-16;14-13-10-6-5-9-12(13)11-7-3-1-2-4-8-11;/h3-5,7-8,10-11H,6,9,12-13H2,1-2H3;5-6,9-11,14H,1-4,7-8H2;1H/q+1;;/p-1. The Hall–Kier alpha value is -2.79. The van der Waals surface area contributed by atoms with E-state index in [0.717, 1.165) is 25.1 Å². The van der Waals surface area contributed by atoms with Crippen LogP contribution >= 0.6 is 0 Å². The van der Waals surface area contributed by atoms with Gasteiger partial charge in [0, 0.05) is 20.3 Å². The smallest absolute Gasteiger partial charge is 0.302 e. The molecule has 35 heavy (non-hydrogen) atoms. The Kier molecular flexibility index (Phi) is 12.4. The van der Waals surface area contributed by atoms with Gasteiger partial charge in [-0.15, -0.1) is 0 Å². The summed E-state index contributed by atoms with van der Waals surface area (Å²) in [5, 5.41) is 9.75. The fourth-order valence-electron chi connectivity index (χ4n) is 4.60. The summed E-state index contributed by atoms with van der Waals surface area (Å²) in [5.74, 6) is 2.07. The fraction of sp³-hybridized carbons (Fsp3) is 0.448. The van der Waals surface area contributed by atoms with Crippen LogP contribution in [0.1, 0.15) is 74.7 Å². The number of benzene rings is 2. The molecule has 0 unspecified atom stereocenters. The maximum Gasteiger partial charge on any atom is 0.302 e. The molecule has 1 aliphatic rings. The minimum atomic E-state index is -0.214. The van der Waals surface area contributed by atoms with E-state index in [4.69, 9.17) is 4.74 Å². The zero-order valence-electron chi connectivity index (χ0n) is 21.0. The summed E-state index contributed by atoms with van der Waals surface area (Å²) in [6.45, 7) is 5.76. The topological polar surface area (TPSA) is 55.3 Å². The van der Waals surface area contributed by atoms with Gasteiger partial charge >= 0.3 is 5.97 Å². The van der Waals surface area contributed by atoms with Gasteiger partial charge in [-0.05, 0) is 36.0 Å². The summed E-state index contributed by atoms with van der Waals surface area (Å²) in [6.07, 6.45) is 12.9. The lowest BCUT2D eigenvalue weighted by molar-refractivity contribution is -0.694. The van der Waals surface area contributed by atoms with Crippen LogP contribution in [0.4, 0.5) is 0 Å². The third-order valence-corrected chi connectivity index (χ3v) is 6.53. The molecule has 0 radical (unpaired) electrons. The first-order valence-corrected chi connectivity index (χ1v) is 12.5. The molecule has 0 aliphatic heterocycles. The van der Waals surface area contributed by atoms with Crippen molar-refractivity contribution in [3.8, 4) is 5.75 Å². The second-order valence-electron chi connectivity index (χ2n) is 9.09. The molecule has 0 bridgehead atoms. The van der Waals surface area contributed by atoms with Crippen molar-refractivity contribution in [2.75, 3.05) is 6.61 Å². The lowest BCUT2D eigenvalue weighted by atomic mass is 9.91. The number of imidazole rings is 1. The predicted molar refractivity (Wildman–Crippen MR) is 135 cm³/mol. The van der Waals surface area contributed by atoms with Gasteiger partial charge in [0.2, 0.25) is 0 Å². The van der Waals surface area contributed by atoms with Gasteiger partial charge in [0.1, 0.15) is 24.7 Å². The summed E-state index contributed by atoms with van der Waals surface area (Å²) in [7, 11) is 0. The Labute approximate surface area is 216 Å². The van der Waals surface area contributed by atoms with Crippen LogP contribution in [-0.2, 0) is 22.6 Å². The highest BCUT2D eigenvalue weighted by Gasteiger charge is 2.16. The number of rotatable bonds is 7. The van der Waals surface area contributed by atoms with Crippen LogP contribution in [0.3, 0.4) is 0 Å². The number of para-hydroxylation sites is 1. The van der Waals surface area contributed by atoms with E-state index in [0.29, 0.717) is 18.3 Å². The quantitative estimate of drug-likeness (QED) is 0.236. The van der Waals surface area contributed by atoms with Crippen LogP contribution < -0.4 is 17.0 Å². The number of phenols is 1. The van der Waals surface area contributed by atoms with Crippen molar-refractivity contribution in [2.24, 2.45) is 0 Å². The molecule has 1 heterocycles. The summed E-state index contributed by atoms with van der Waals surface area (Å²) in [5.41, 5.74) is 2.45. The van der Waals surface area contributed by atoms with Gasteiger partial charge in [0.05, 0.1) is 13.2 Å². The van der Waals surface area contributed by atoms with Crippen LogP contribution in [0.5, 0.6) is 5.75 Å². The van der Waals surface area contributed by atoms with E-state index in [-0.39, 0.29) is 18.4 Å². The molecular formula is C29H39ClN2O3. The van der Waals surface area contributed by atoms with E-state index in [9.17, 15) is 9.90 Å². The molecule has 190 valence electrons. The van der Waals surface area contributed by atoms with Crippen LogP contribution in [0.2, 0.25) is 0 Å². The Bertz CT molecular complexity index is 1010. The van der Waals surface area contributed by atoms with Gasteiger partial charge in [-0.3, -0.25) is 4.79 Å².